The molecule has 3 aromatic rings. The van der Waals surface area contributed by atoms with Gasteiger partial charge < -0.3 is 0 Å². The number of aromatic nitrogens is 2. The fourth-order valence-corrected chi connectivity index (χ4v) is 2.60. The van der Waals surface area contributed by atoms with Crippen LogP contribution in [0.3, 0.4) is 0 Å². The average molecular weight is 353 g/mol. The van der Waals surface area contributed by atoms with Crippen molar-refractivity contribution in [3.63, 3.8) is 0 Å². The molecule has 0 aliphatic heterocycles. The van der Waals surface area contributed by atoms with Crippen molar-refractivity contribution in [3.05, 3.63) is 88.7 Å². The van der Waals surface area contributed by atoms with Gasteiger partial charge in [-0.15, -0.1) is 0 Å². The van der Waals surface area contributed by atoms with Gasteiger partial charge in [0.15, 0.2) is 0 Å². The predicted molar refractivity (Wildman–Crippen MR) is 91.3 cm³/mol. The van der Waals surface area contributed by atoms with Gasteiger partial charge >= 0.3 is 0 Å². The number of carbonyl (C=O) groups excluding carboxylic acids is 1. The molecular formula is C18H13BrN2O. The topological polar surface area (TPSA) is 34.9 Å². The Labute approximate surface area is 137 Å². The highest BCUT2D eigenvalue weighted by atomic mass is 79.9. The minimum atomic E-state index is -0.0833. The molecule has 0 aliphatic rings. The summed E-state index contributed by atoms with van der Waals surface area (Å²) in [5.74, 6) is -0.0833. The molecule has 0 radical (unpaired) electrons. The van der Waals surface area contributed by atoms with E-state index >= 15 is 0 Å². The quantitative estimate of drug-likeness (QED) is 0.510. The lowest BCUT2D eigenvalue weighted by Crippen LogP contribution is -2.10. The number of rotatable bonds is 4. The SMILES string of the molecule is O=C(/C(=C/c1ccccc1)n1cccn1)c1ccccc1Br. The summed E-state index contributed by atoms with van der Waals surface area (Å²) in [6, 6.07) is 18.9. The van der Waals surface area contributed by atoms with E-state index in [4.69, 9.17) is 0 Å². The number of hydrogen-bond donors (Lipinski definition) is 0. The molecule has 3 rings (SSSR count). The summed E-state index contributed by atoms with van der Waals surface area (Å²) in [5.41, 5.74) is 2.07. The Hall–Kier alpha value is -2.46. The van der Waals surface area contributed by atoms with Crippen molar-refractivity contribution in [2.45, 2.75) is 0 Å². The van der Waals surface area contributed by atoms with Crippen molar-refractivity contribution in [3.8, 4) is 0 Å². The third kappa shape index (κ3) is 3.07. The highest BCUT2D eigenvalue weighted by Crippen LogP contribution is 2.22. The number of halogens is 1. The van der Waals surface area contributed by atoms with Gasteiger partial charge in [0.1, 0.15) is 5.70 Å². The van der Waals surface area contributed by atoms with Crippen molar-refractivity contribution >= 4 is 33.5 Å². The van der Waals surface area contributed by atoms with E-state index in [0.29, 0.717) is 11.3 Å². The second kappa shape index (κ2) is 6.54. The number of allylic oxidation sites excluding steroid dienone is 1. The third-order valence-electron chi connectivity index (χ3n) is 3.21. The molecule has 1 heterocycles. The number of nitrogens with zero attached hydrogens (tertiary/aromatic N) is 2. The van der Waals surface area contributed by atoms with Gasteiger partial charge in [-0.3, -0.25) is 4.79 Å². The molecule has 4 heteroatoms. The van der Waals surface area contributed by atoms with Gasteiger partial charge in [0.05, 0.1) is 0 Å². The summed E-state index contributed by atoms with van der Waals surface area (Å²) in [4.78, 5) is 12.9. The van der Waals surface area contributed by atoms with Crippen molar-refractivity contribution in [2.75, 3.05) is 0 Å². The third-order valence-corrected chi connectivity index (χ3v) is 3.90. The van der Waals surface area contributed by atoms with E-state index in [1.807, 2.05) is 54.6 Å². The van der Waals surface area contributed by atoms with Gasteiger partial charge in [-0.25, -0.2) is 4.68 Å². The van der Waals surface area contributed by atoms with E-state index < -0.39 is 0 Å². The molecule has 0 bridgehead atoms. The van der Waals surface area contributed by atoms with Gasteiger partial charge in [-0.05, 0) is 29.8 Å². The first-order chi connectivity index (χ1) is 10.8. The molecule has 0 spiro atoms. The van der Waals surface area contributed by atoms with Crippen molar-refractivity contribution in [2.24, 2.45) is 0 Å². The normalized spacial score (nSPS) is 11.4. The van der Waals surface area contributed by atoms with Gasteiger partial charge in [0.25, 0.3) is 0 Å². The summed E-state index contributed by atoms with van der Waals surface area (Å²) >= 11 is 3.44. The molecule has 0 atom stereocenters. The Kier molecular flexibility index (Phi) is 4.30. The maximum absolute atomic E-state index is 12.9. The van der Waals surface area contributed by atoms with Crippen LogP contribution in [0.5, 0.6) is 0 Å². The molecule has 2 aromatic carbocycles. The fourth-order valence-electron chi connectivity index (χ4n) is 2.14. The Bertz CT molecular complexity index is 808. The van der Waals surface area contributed by atoms with Crippen LogP contribution < -0.4 is 0 Å². The lowest BCUT2D eigenvalue weighted by molar-refractivity contribution is 0.105. The number of Topliss-reactive ketones (excluding diaryl/α,β-unsaturated/α-hetero) is 1. The molecule has 1 aromatic heterocycles. The minimum absolute atomic E-state index is 0.0833. The van der Waals surface area contributed by atoms with E-state index in [2.05, 4.69) is 21.0 Å². The highest BCUT2D eigenvalue weighted by molar-refractivity contribution is 9.10. The lowest BCUT2D eigenvalue weighted by Gasteiger charge is -2.09. The molecule has 3 nitrogen and oxygen atoms in total. The Balaban J connectivity index is 2.09. The Morgan fingerprint density at radius 1 is 1.00 bits per heavy atom. The molecule has 108 valence electrons. The molecule has 0 saturated heterocycles. The first-order valence-electron chi connectivity index (χ1n) is 6.82. The summed E-state index contributed by atoms with van der Waals surface area (Å²) < 4.78 is 2.36. The summed E-state index contributed by atoms with van der Waals surface area (Å²) in [7, 11) is 0. The van der Waals surface area contributed by atoms with Crippen molar-refractivity contribution < 1.29 is 4.79 Å². The van der Waals surface area contributed by atoms with Gasteiger partial charge in [-0.2, -0.15) is 5.10 Å². The zero-order valence-corrected chi connectivity index (χ0v) is 13.3. The molecule has 0 saturated carbocycles. The standard InChI is InChI=1S/C18H13BrN2O/c19-16-10-5-4-9-15(16)18(22)17(21-12-6-11-20-21)13-14-7-2-1-3-8-14/h1-13H/b17-13-. The summed E-state index contributed by atoms with van der Waals surface area (Å²) in [6.45, 7) is 0. The molecule has 0 N–H and O–H groups in total. The fraction of sp³-hybridized carbons (Fsp3) is 0. The lowest BCUT2D eigenvalue weighted by atomic mass is 10.1. The van der Waals surface area contributed by atoms with Crippen LogP contribution in [0.15, 0.2) is 77.5 Å². The Morgan fingerprint density at radius 3 is 2.41 bits per heavy atom. The predicted octanol–water partition coefficient (Wildman–Crippen LogP) is 4.53. The molecule has 0 unspecified atom stereocenters. The first-order valence-corrected chi connectivity index (χ1v) is 7.61. The largest absolute Gasteiger partial charge is 0.287 e. The number of benzene rings is 2. The smallest absolute Gasteiger partial charge is 0.212 e. The zero-order chi connectivity index (χ0) is 15.4. The highest BCUT2D eigenvalue weighted by Gasteiger charge is 2.17. The minimum Gasteiger partial charge on any atom is -0.287 e. The zero-order valence-electron chi connectivity index (χ0n) is 11.7. The summed E-state index contributed by atoms with van der Waals surface area (Å²) in [6.07, 6.45) is 5.27. The maximum atomic E-state index is 12.9. The van der Waals surface area contributed by atoms with Crippen LogP contribution in [0.4, 0.5) is 0 Å². The van der Waals surface area contributed by atoms with E-state index in [-0.39, 0.29) is 5.78 Å². The number of hydrogen-bond acceptors (Lipinski definition) is 2. The molecule has 0 fully saturated rings. The van der Waals surface area contributed by atoms with Gasteiger partial charge in [-0.1, -0.05) is 58.4 Å². The van der Waals surface area contributed by atoms with E-state index in [0.717, 1.165) is 10.0 Å². The molecule has 0 aliphatic carbocycles. The van der Waals surface area contributed by atoms with Crippen LogP contribution in [0.2, 0.25) is 0 Å². The number of ketones is 1. The summed E-state index contributed by atoms with van der Waals surface area (Å²) in [5, 5.41) is 4.20. The van der Waals surface area contributed by atoms with Crippen LogP contribution >= 0.6 is 15.9 Å². The van der Waals surface area contributed by atoms with Gasteiger partial charge in [0.2, 0.25) is 5.78 Å². The molecule has 22 heavy (non-hydrogen) atoms. The molecular weight excluding hydrogens is 340 g/mol. The second-order valence-electron chi connectivity index (χ2n) is 4.70. The van der Waals surface area contributed by atoms with E-state index in [9.17, 15) is 4.79 Å². The molecule has 0 amide bonds. The first kappa shape index (κ1) is 14.5. The van der Waals surface area contributed by atoms with Gasteiger partial charge in [0, 0.05) is 22.4 Å². The van der Waals surface area contributed by atoms with Crippen LogP contribution in [-0.4, -0.2) is 15.6 Å². The second-order valence-corrected chi connectivity index (χ2v) is 5.55. The van der Waals surface area contributed by atoms with E-state index in [1.54, 1.807) is 29.2 Å². The van der Waals surface area contributed by atoms with Crippen LogP contribution in [-0.2, 0) is 0 Å². The number of carbonyl (C=O) groups is 1. The monoisotopic (exact) mass is 352 g/mol. The Morgan fingerprint density at radius 2 is 1.73 bits per heavy atom. The maximum Gasteiger partial charge on any atom is 0.212 e. The van der Waals surface area contributed by atoms with Crippen molar-refractivity contribution in [1.82, 2.24) is 9.78 Å². The van der Waals surface area contributed by atoms with Crippen molar-refractivity contribution in [1.29, 1.82) is 0 Å². The van der Waals surface area contributed by atoms with Crippen LogP contribution in [0, 0.1) is 0 Å². The average Bonchev–Trinajstić information content (AvgIpc) is 3.08. The van der Waals surface area contributed by atoms with Crippen LogP contribution in [0.25, 0.3) is 11.8 Å². The van der Waals surface area contributed by atoms with Crippen LogP contribution in [0.1, 0.15) is 15.9 Å². The van der Waals surface area contributed by atoms with E-state index in [1.165, 1.54) is 0 Å².